The highest BCUT2D eigenvalue weighted by Gasteiger charge is 2.30. The number of nitrogens with zero attached hydrogens (tertiary/aromatic N) is 3. The van der Waals surface area contributed by atoms with Gasteiger partial charge in [0.05, 0.1) is 22.7 Å². The van der Waals surface area contributed by atoms with E-state index in [0.717, 1.165) is 6.07 Å². The number of nitro benzene ring substituents is 1. The monoisotopic (exact) mass is 475 g/mol. The molecule has 0 aliphatic carbocycles. The Kier molecular flexibility index (Phi) is 6.18. The Hall–Kier alpha value is -5.13. The van der Waals surface area contributed by atoms with Crippen LogP contribution in [0.1, 0.15) is 5.56 Å². The van der Waals surface area contributed by atoms with Gasteiger partial charge in [-0.05, 0) is 18.2 Å². The van der Waals surface area contributed by atoms with Crippen molar-refractivity contribution < 1.29 is 24.4 Å². The molecule has 35 heavy (non-hydrogen) atoms. The summed E-state index contributed by atoms with van der Waals surface area (Å²) in [6.07, 6.45) is 2.65. The minimum atomic E-state index is -1.42. The molecule has 0 fully saturated rings. The van der Waals surface area contributed by atoms with Gasteiger partial charge >= 0.3 is 5.97 Å². The second-order valence-corrected chi connectivity index (χ2v) is 7.51. The van der Waals surface area contributed by atoms with Crippen molar-refractivity contribution >= 4 is 46.6 Å². The summed E-state index contributed by atoms with van der Waals surface area (Å²) in [5.41, 5.74) is -0.517. The predicted octanol–water partition coefficient (Wildman–Crippen LogP) is 2.08. The molecule has 0 saturated carbocycles. The number of carboxylic acid groups (broad SMARTS) is 1. The molecule has 2 aromatic carbocycles. The number of para-hydroxylation sites is 1. The van der Waals surface area contributed by atoms with E-state index in [9.17, 15) is 34.4 Å². The highest BCUT2D eigenvalue weighted by atomic mass is 16.6. The Morgan fingerprint density at radius 1 is 1.23 bits per heavy atom. The quantitative estimate of drug-likeness (QED) is 0.265. The van der Waals surface area contributed by atoms with Crippen molar-refractivity contribution in [3.8, 4) is 5.69 Å². The van der Waals surface area contributed by atoms with E-state index in [1.807, 2.05) is 0 Å². The fraction of sp³-hybridized carbons (Fsp3) is 0.0870. The standard InChI is InChI=1S/C23H17N5O7/c29-12-17-22(23(32)33)26-16-9-18(19(28(34)35)10-15(16)25-17)27-7-6-20(30)13(11-27)8-21(31)24-14-4-2-1-3-5-14/h1-7,9-12,17,25H,8H2,(H,24,31)(H,32,33). The number of anilines is 2. The van der Waals surface area contributed by atoms with Crippen LogP contribution in [-0.4, -0.2) is 44.5 Å². The van der Waals surface area contributed by atoms with Crippen LogP contribution in [0, 0.1) is 10.1 Å². The highest BCUT2D eigenvalue weighted by Crippen LogP contribution is 2.37. The molecule has 12 nitrogen and oxygen atoms in total. The molecule has 4 rings (SSSR count). The van der Waals surface area contributed by atoms with Gasteiger partial charge in [-0.3, -0.25) is 19.7 Å². The number of fused-ring (bicyclic) bond motifs is 1. The Balaban J connectivity index is 1.74. The van der Waals surface area contributed by atoms with Crippen molar-refractivity contribution in [1.29, 1.82) is 0 Å². The number of aromatic nitrogens is 1. The Bertz CT molecular complexity index is 1450. The first-order valence-electron chi connectivity index (χ1n) is 10.2. The lowest BCUT2D eigenvalue weighted by Gasteiger charge is -2.22. The number of rotatable bonds is 7. The van der Waals surface area contributed by atoms with Gasteiger partial charge in [0.25, 0.3) is 5.69 Å². The second-order valence-electron chi connectivity index (χ2n) is 7.51. The molecule has 1 aliphatic rings. The van der Waals surface area contributed by atoms with Crippen molar-refractivity contribution in [2.45, 2.75) is 12.5 Å². The van der Waals surface area contributed by atoms with Crippen LogP contribution in [0.25, 0.3) is 5.69 Å². The Morgan fingerprint density at radius 3 is 2.63 bits per heavy atom. The third-order valence-electron chi connectivity index (χ3n) is 5.18. The molecular formula is C23H17N5O7. The average Bonchev–Trinajstić information content (AvgIpc) is 2.84. The first kappa shape index (κ1) is 23.0. The van der Waals surface area contributed by atoms with Gasteiger partial charge in [-0.25, -0.2) is 9.79 Å². The number of nitrogens with one attached hydrogen (secondary N) is 2. The average molecular weight is 475 g/mol. The smallest absolute Gasteiger partial charge is 0.352 e. The van der Waals surface area contributed by atoms with E-state index >= 15 is 0 Å². The number of hydrogen-bond donors (Lipinski definition) is 3. The minimum Gasteiger partial charge on any atom is -0.477 e. The molecule has 1 aliphatic heterocycles. The maximum Gasteiger partial charge on any atom is 0.352 e. The third-order valence-corrected chi connectivity index (χ3v) is 5.18. The highest BCUT2D eigenvalue weighted by molar-refractivity contribution is 6.42. The molecule has 1 amide bonds. The molecule has 0 bridgehead atoms. The van der Waals surface area contributed by atoms with Crippen LogP contribution in [0.4, 0.5) is 22.7 Å². The van der Waals surface area contributed by atoms with Gasteiger partial charge in [0.15, 0.2) is 11.1 Å². The van der Waals surface area contributed by atoms with Gasteiger partial charge in [-0.1, -0.05) is 18.2 Å². The van der Waals surface area contributed by atoms with Crippen LogP contribution in [0.15, 0.2) is 70.7 Å². The number of amides is 1. The molecule has 3 N–H and O–H groups in total. The molecule has 1 aromatic heterocycles. The molecule has 0 saturated heterocycles. The van der Waals surface area contributed by atoms with Gasteiger partial charge in [0.2, 0.25) is 5.91 Å². The van der Waals surface area contributed by atoms with Gasteiger partial charge in [-0.2, -0.15) is 0 Å². The van der Waals surface area contributed by atoms with Crippen molar-refractivity contribution in [3.05, 3.63) is 86.8 Å². The van der Waals surface area contributed by atoms with Crippen molar-refractivity contribution in [3.63, 3.8) is 0 Å². The first-order valence-corrected chi connectivity index (χ1v) is 10.2. The number of pyridine rings is 1. The minimum absolute atomic E-state index is 0.0155. The molecule has 3 aromatic rings. The summed E-state index contributed by atoms with van der Waals surface area (Å²) < 4.78 is 1.28. The molecule has 0 radical (unpaired) electrons. The zero-order valence-corrected chi connectivity index (χ0v) is 17.9. The van der Waals surface area contributed by atoms with Crippen LogP contribution >= 0.6 is 0 Å². The third kappa shape index (κ3) is 4.80. The number of carboxylic acids is 1. The van der Waals surface area contributed by atoms with E-state index in [1.54, 1.807) is 30.3 Å². The van der Waals surface area contributed by atoms with Crippen LogP contribution in [-0.2, 0) is 20.8 Å². The lowest BCUT2D eigenvalue weighted by molar-refractivity contribution is -0.384. The summed E-state index contributed by atoms with van der Waals surface area (Å²) in [6.45, 7) is 0. The molecule has 12 heteroatoms. The molecule has 2 heterocycles. The summed E-state index contributed by atoms with van der Waals surface area (Å²) in [4.78, 5) is 62.6. The van der Waals surface area contributed by atoms with E-state index < -0.39 is 39.7 Å². The number of carbonyl (C=O) groups is 3. The second kappa shape index (κ2) is 9.39. The summed E-state index contributed by atoms with van der Waals surface area (Å²) in [5, 5.41) is 26.4. The van der Waals surface area contributed by atoms with Crippen molar-refractivity contribution in [2.24, 2.45) is 4.99 Å². The maximum absolute atomic E-state index is 12.4. The summed E-state index contributed by atoms with van der Waals surface area (Å²) in [5.74, 6) is -1.87. The largest absolute Gasteiger partial charge is 0.477 e. The van der Waals surface area contributed by atoms with E-state index in [0.29, 0.717) is 12.0 Å². The summed E-state index contributed by atoms with van der Waals surface area (Å²) in [7, 11) is 0. The van der Waals surface area contributed by atoms with E-state index in [2.05, 4.69) is 15.6 Å². The van der Waals surface area contributed by atoms with Crippen molar-refractivity contribution in [2.75, 3.05) is 10.6 Å². The first-order chi connectivity index (χ1) is 16.8. The fourth-order valence-electron chi connectivity index (χ4n) is 3.55. The van der Waals surface area contributed by atoms with Crippen LogP contribution in [0.3, 0.4) is 0 Å². The zero-order chi connectivity index (χ0) is 25.1. The van der Waals surface area contributed by atoms with Gasteiger partial charge in [0, 0.05) is 35.8 Å². The van der Waals surface area contributed by atoms with Crippen molar-refractivity contribution in [1.82, 2.24) is 4.57 Å². The lowest BCUT2D eigenvalue weighted by atomic mass is 10.1. The van der Waals surface area contributed by atoms with E-state index in [1.165, 1.54) is 29.1 Å². The van der Waals surface area contributed by atoms with E-state index in [-0.39, 0.29) is 29.0 Å². The van der Waals surface area contributed by atoms with E-state index in [4.69, 9.17) is 0 Å². The SMILES string of the molecule is O=CC1Nc2cc([N+](=O)[O-])c(-n3ccc(=O)c(CC(=O)Nc4ccccc4)c3)cc2N=C1C(=O)O. The topological polar surface area (TPSA) is 173 Å². The Morgan fingerprint density at radius 2 is 1.97 bits per heavy atom. The van der Waals surface area contributed by atoms with Gasteiger partial charge < -0.3 is 25.1 Å². The number of benzene rings is 2. The summed E-state index contributed by atoms with van der Waals surface area (Å²) >= 11 is 0. The zero-order valence-electron chi connectivity index (χ0n) is 17.9. The number of aldehydes is 1. The number of nitro groups is 1. The number of hydrogen-bond acceptors (Lipinski definition) is 8. The fourth-order valence-corrected chi connectivity index (χ4v) is 3.55. The number of carbonyl (C=O) groups excluding carboxylic acids is 2. The van der Waals surface area contributed by atoms with Gasteiger partial charge in [-0.15, -0.1) is 0 Å². The molecule has 1 atom stereocenters. The molecular weight excluding hydrogens is 458 g/mol. The molecule has 1 unspecified atom stereocenters. The molecule has 0 spiro atoms. The number of aliphatic imine (C=N–C) groups is 1. The van der Waals surface area contributed by atoms with Crippen LogP contribution in [0.2, 0.25) is 0 Å². The maximum atomic E-state index is 12.4. The summed E-state index contributed by atoms with van der Waals surface area (Å²) in [6, 6.07) is 10.9. The van der Waals surface area contributed by atoms with Crippen LogP contribution in [0.5, 0.6) is 0 Å². The molecule has 176 valence electrons. The lowest BCUT2D eigenvalue weighted by Crippen LogP contribution is -2.38. The Labute approximate surface area is 196 Å². The van der Waals surface area contributed by atoms with Crippen LogP contribution < -0.4 is 16.1 Å². The normalized spacial score (nSPS) is 14.2. The van der Waals surface area contributed by atoms with Gasteiger partial charge in [0.1, 0.15) is 18.0 Å². The predicted molar refractivity (Wildman–Crippen MR) is 126 cm³/mol. The number of aliphatic carboxylic acids is 1.